The van der Waals surface area contributed by atoms with E-state index >= 15 is 0 Å². The van der Waals surface area contributed by atoms with Gasteiger partial charge >= 0.3 is 0 Å². The van der Waals surface area contributed by atoms with Crippen molar-refractivity contribution in [1.82, 2.24) is 0 Å². The summed E-state index contributed by atoms with van der Waals surface area (Å²) >= 11 is 0. The van der Waals surface area contributed by atoms with Crippen molar-refractivity contribution in [2.45, 2.75) is 0 Å². The minimum Gasteiger partial charge on any atom is -0.594 e. The Kier molecular flexibility index (Phi) is 4.60. The molecule has 0 saturated carbocycles. The van der Waals surface area contributed by atoms with Crippen LogP contribution in [0.15, 0.2) is 63.8 Å². The molecule has 0 fully saturated rings. The van der Waals surface area contributed by atoms with E-state index in [1.807, 2.05) is 0 Å². The largest absolute Gasteiger partial charge is 0.594 e. The fraction of sp³-hybridized carbons (Fsp3) is 0. The van der Waals surface area contributed by atoms with Gasteiger partial charge in [-0.3, -0.25) is 0 Å². The molecule has 2 rings (SSSR count). The Balaban J connectivity index is 2.19. The van der Waals surface area contributed by atoms with Crippen molar-refractivity contribution in [2.75, 3.05) is 0 Å². The van der Waals surface area contributed by atoms with Crippen LogP contribution < -0.4 is 11.7 Å². The number of nitrogens with zero attached hydrogens (tertiary/aromatic N) is 4. The molecule has 0 amide bonds. The first-order valence-electron chi connectivity index (χ1n) is 6.08. The van der Waals surface area contributed by atoms with E-state index in [-0.39, 0.29) is 0 Å². The molecule has 0 radical (unpaired) electrons. The molecule has 2 aromatic rings. The third-order valence-electron chi connectivity index (χ3n) is 2.66. The smallest absolute Gasteiger partial charge is 0.244 e. The summed E-state index contributed by atoms with van der Waals surface area (Å²) in [5, 5.41) is 22.7. The van der Waals surface area contributed by atoms with E-state index in [0.717, 1.165) is 11.1 Å². The lowest BCUT2D eigenvalue weighted by Gasteiger charge is -2.00. The summed E-state index contributed by atoms with van der Waals surface area (Å²) in [6, 6.07) is 13.7. The summed E-state index contributed by atoms with van der Waals surface area (Å²) in [5.74, 6) is 10.1. The van der Waals surface area contributed by atoms with E-state index in [9.17, 15) is 5.21 Å². The maximum Gasteiger partial charge on any atom is 0.244 e. The maximum absolute atomic E-state index is 11.9. The van der Waals surface area contributed by atoms with Gasteiger partial charge in [0.25, 0.3) is 0 Å². The Bertz CT molecular complexity index is 674. The third kappa shape index (κ3) is 3.87. The summed E-state index contributed by atoms with van der Waals surface area (Å²) < 4.78 is 0. The van der Waals surface area contributed by atoms with Crippen LogP contribution in [0.5, 0.6) is 0 Å². The standard InChI is InChI=1S/C14H14N6O/c15-17-9-11-1-5-13(6-2-11)19-20(21)14-7-3-12(4-8-14)10-18-16/h1-10H,15-16H2/b17-9+,18-10?,20-19?. The van der Waals surface area contributed by atoms with Crippen molar-refractivity contribution in [2.24, 2.45) is 27.0 Å². The van der Waals surface area contributed by atoms with Crippen LogP contribution in [-0.4, -0.2) is 17.3 Å². The molecule has 0 aliphatic carbocycles. The average molecular weight is 282 g/mol. The van der Waals surface area contributed by atoms with E-state index in [0.29, 0.717) is 16.2 Å². The van der Waals surface area contributed by atoms with Crippen molar-refractivity contribution >= 4 is 23.8 Å². The molecule has 0 aromatic heterocycles. The summed E-state index contributed by atoms with van der Waals surface area (Å²) in [7, 11) is 0. The van der Waals surface area contributed by atoms with Crippen LogP contribution in [0, 0.1) is 5.21 Å². The van der Waals surface area contributed by atoms with Crippen molar-refractivity contribution in [1.29, 1.82) is 0 Å². The molecule has 0 saturated heterocycles. The lowest BCUT2D eigenvalue weighted by molar-refractivity contribution is -0.435. The zero-order chi connectivity index (χ0) is 15.1. The fourth-order valence-corrected chi connectivity index (χ4v) is 1.65. The van der Waals surface area contributed by atoms with Crippen LogP contribution in [0.25, 0.3) is 0 Å². The highest BCUT2D eigenvalue weighted by Gasteiger charge is 2.03. The van der Waals surface area contributed by atoms with Gasteiger partial charge in [-0.05, 0) is 35.4 Å². The average Bonchev–Trinajstić information content (AvgIpc) is 2.50. The third-order valence-corrected chi connectivity index (χ3v) is 2.66. The number of rotatable bonds is 4. The van der Waals surface area contributed by atoms with Gasteiger partial charge in [-0.25, -0.2) is 0 Å². The van der Waals surface area contributed by atoms with Crippen LogP contribution in [0.1, 0.15) is 11.1 Å². The molecule has 21 heavy (non-hydrogen) atoms. The molecular formula is C14H14N6O. The molecule has 7 heteroatoms. The predicted molar refractivity (Wildman–Crippen MR) is 81.8 cm³/mol. The normalized spacial score (nSPS) is 12.3. The zero-order valence-electron chi connectivity index (χ0n) is 11.1. The van der Waals surface area contributed by atoms with E-state index in [2.05, 4.69) is 15.3 Å². The molecule has 0 unspecified atom stereocenters. The van der Waals surface area contributed by atoms with Crippen LogP contribution in [0.4, 0.5) is 11.4 Å². The highest BCUT2D eigenvalue weighted by Crippen LogP contribution is 2.18. The fourth-order valence-electron chi connectivity index (χ4n) is 1.65. The van der Waals surface area contributed by atoms with Gasteiger partial charge in [0.15, 0.2) is 0 Å². The Morgan fingerprint density at radius 2 is 1.29 bits per heavy atom. The van der Waals surface area contributed by atoms with E-state index in [4.69, 9.17) is 11.7 Å². The van der Waals surface area contributed by atoms with Crippen molar-refractivity contribution in [3.63, 3.8) is 0 Å². The lowest BCUT2D eigenvalue weighted by Crippen LogP contribution is -1.92. The number of benzene rings is 2. The highest BCUT2D eigenvalue weighted by atomic mass is 16.5. The molecule has 4 N–H and O–H groups in total. The number of hydrazone groups is 2. The van der Waals surface area contributed by atoms with Gasteiger partial charge in [0.05, 0.1) is 12.4 Å². The van der Waals surface area contributed by atoms with Gasteiger partial charge in [0.1, 0.15) is 5.69 Å². The molecule has 2 aromatic carbocycles. The summed E-state index contributed by atoms with van der Waals surface area (Å²) in [5.41, 5.74) is 2.59. The van der Waals surface area contributed by atoms with E-state index in [1.165, 1.54) is 12.4 Å². The van der Waals surface area contributed by atoms with Crippen LogP contribution >= 0.6 is 0 Å². The van der Waals surface area contributed by atoms with Gasteiger partial charge in [-0.2, -0.15) is 10.2 Å². The predicted octanol–water partition coefficient (Wildman–Crippen LogP) is 2.20. The quantitative estimate of drug-likeness (QED) is 0.294. The van der Waals surface area contributed by atoms with E-state index in [1.54, 1.807) is 48.5 Å². The first-order chi connectivity index (χ1) is 10.2. The van der Waals surface area contributed by atoms with Crippen molar-refractivity contribution < 1.29 is 4.86 Å². The van der Waals surface area contributed by atoms with Gasteiger partial charge < -0.3 is 16.9 Å². The summed E-state index contributed by atoms with van der Waals surface area (Å²) in [6.07, 6.45) is 3.00. The SMILES string of the molecule is NN=Cc1ccc([N+]([O-])=Nc2ccc(/C=N/N)cc2)cc1. The summed E-state index contributed by atoms with van der Waals surface area (Å²) in [6.45, 7) is 0. The molecule has 0 aliphatic heterocycles. The highest BCUT2D eigenvalue weighted by molar-refractivity contribution is 5.80. The van der Waals surface area contributed by atoms with Crippen LogP contribution in [0.3, 0.4) is 0 Å². The molecule has 7 nitrogen and oxygen atoms in total. The maximum atomic E-state index is 11.9. The minimum absolute atomic E-state index is 0.414. The molecule has 106 valence electrons. The second-order valence-electron chi connectivity index (χ2n) is 4.11. The van der Waals surface area contributed by atoms with Crippen LogP contribution in [-0.2, 0) is 0 Å². The topological polar surface area (TPSA) is 115 Å². The summed E-state index contributed by atoms with van der Waals surface area (Å²) in [4.78, 5) is 0.551. The van der Waals surface area contributed by atoms with Gasteiger partial charge in [0.2, 0.25) is 5.69 Å². The second-order valence-corrected chi connectivity index (χ2v) is 4.11. The molecular weight excluding hydrogens is 268 g/mol. The number of azo groups is 1. The molecule has 0 spiro atoms. The molecule has 0 aliphatic rings. The Labute approximate surface area is 121 Å². The van der Waals surface area contributed by atoms with Gasteiger partial charge in [-0.15, -0.1) is 0 Å². The van der Waals surface area contributed by atoms with Crippen molar-refractivity contribution in [3.8, 4) is 0 Å². The number of hydrogen-bond donors (Lipinski definition) is 2. The first-order valence-corrected chi connectivity index (χ1v) is 6.08. The Morgan fingerprint density at radius 3 is 1.76 bits per heavy atom. The Hall–Kier alpha value is -3.22. The van der Waals surface area contributed by atoms with Gasteiger partial charge in [0, 0.05) is 17.2 Å². The number of nitrogens with two attached hydrogens (primary N) is 2. The minimum atomic E-state index is 0.414. The first kappa shape index (κ1) is 14.2. The lowest BCUT2D eigenvalue weighted by atomic mass is 10.2. The molecule has 0 heterocycles. The van der Waals surface area contributed by atoms with Crippen LogP contribution in [0.2, 0.25) is 0 Å². The number of hydrogen-bond acceptors (Lipinski definition) is 6. The van der Waals surface area contributed by atoms with Gasteiger partial charge in [-0.1, -0.05) is 17.0 Å². The monoisotopic (exact) mass is 282 g/mol. The molecule has 0 atom stereocenters. The van der Waals surface area contributed by atoms with Crippen molar-refractivity contribution in [3.05, 3.63) is 64.9 Å². The van der Waals surface area contributed by atoms with E-state index < -0.39 is 0 Å². The zero-order valence-corrected chi connectivity index (χ0v) is 11.1. The Morgan fingerprint density at radius 1 is 0.810 bits per heavy atom. The molecule has 0 bridgehead atoms. The second kappa shape index (κ2) is 6.80.